The molecule has 24 heavy (non-hydrogen) atoms. The van der Waals surface area contributed by atoms with Crippen LogP contribution in [0.25, 0.3) is 0 Å². The van der Waals surface area contributed by atoms with Crippen LogP contribution < -0.4 is 0 Å². The standard InChI is InChI=1S/C16H20F3NO4/c1-11(2)8-13(14(21)22)20(10-16(17,18)19)15(23)24-9-12-6-4-3-5-7-12/h3-7,11,13H,8-10H2,1-2H3,(H,21,22)/t13-/m0/s1. The Morgan fingerprint density at radius 1 is 1.21 bits per heavy atom. The molecular weight excluding hydrogens is 327 g/mol. The minimum atomic E-state index is -4.73. The van der Waals surface area contributed by atoms with E-state index in [1.807, 2.05) is 0 Å². The van der Waals surface area contributed by atoms with Gasteiger partial charge < -0.3 is 9.84 Å². The van der Waals surface area contributed by atoms with Crippen LogP contribution in [0.3, 0.4) is 0 Å². The predicted octanol–water partition coefficient (Wildman–Crippen LogP) is 3.69. The lowest BCUT2D eigenvalue weighted by atomic mass is 10.0. The fourth-order valence-corrected chi connectivity index (χ4v) is 2.11. The Kier molecular flexibility index (Phi) is 7.06. The lowest BCUT2D eigenvalue weighted by molar-refractivity contribution is -0.159. The van der Waals surface area contributed by atoms with Crippen LogP contribution in [0.4, 0.5) is 18.0 Å². The van der Waals surface area contributed by atoms with Gasteiger partial charge in [0.15, 0.2) is 0 Å². The fourth-order valence-electron chi connectivity index (χ4n) is 2.11. The number of hydrogen-bond acceptors (Lipinski definition) is 3. The predicted molar refractivity (Wildman–Crippen MR) is 80.3 cm³/mol. The number of hydrogen-bond donors (Lipinski definition) is 1. The first kappa shape index (κ1) is 19.8. The molecule has 1 rings (SSSR count). The SMILES string of the molecule is CC(C)C[C@@H](C(=O)O)N(CC(F)(F)F)C(=O)OCc1ccccc1. The molecule has 1 aromatic carbocycles. The zero-order chi connectivity index (χ0) is 18.3. The smallest absolute Gasteiger partial charge is 0.411 e. The second-order valence-corrected chi connectivity index (χ2v) is 5.77. The molecule has 0 aromatic heterocycles. The first-order valence-electron chi connectivity index (χ1n) is 7.37. The number of carboxylic acid groups (broad SMARTS) is 1. The van der Waals surface area contributed by atoms with Crippen LogP contribution in [0.5, 0.6) is 0 Å². The van der Waals surface area contributed by atoms with Gasteiger partial charge >= 0.3 is 18.2 Å². The Bertz CT molecular complexity index is 546. The summed E-state index contributed by atoms with van der Waals surface area (Å²) in [6, 6.07) is 6.80. The highest BCUT2D eigenvalue weighted by atomic mass is 19.4. The molecule has 0 bridgehead atoms. The van der Waals surface area contributed by atoms with Gasteiger partial charge in [-0.05, 0) is 17.9 Å². The zero-order valence-electron chi connectivity index (χ0n) is 13.4. The first-order chi connectivity index (χ1) is 11.1. The average Bonchev–Trinajstić information content (AvgIpc) is 2.48. The molecule has 5 nitrogen and oxygen atoms in total. The molecule has 1 amide bonds. The monoisotopic (exact) mass is 347 g/mol. The van der Waals surface area contributed by atoms with Crippen LogP contribution >= 0.6 is 0 Å². The summed E-state index contributed by atoms with van der Waals surface area (Å²) in [6.45, 7) is 1.42. The number of carbonyl (C=O) groups is 2. The number of nitrogens with zero attached hydrogens (tertiary/aromatic N) is 1. The number of carbonyl (C=O) groups excluding carboxylic acids is 1. The molecule has 0 radical (unpaired) electrons. The lowest BCUT2D eigenvalue weighted by Crippen LogP contribution is -2.50. The van der Waals surface area contributed by atoms with Gasteiger partial charge in [0.1, 0.15) is 19.2 Å². The lowest BCUT2D eigenvalue weighted by Gasteiger charge is -2.30. The maximum atomic E-state index is 12.7. The van der Waals surface area contributed by atoms with Gasteiger partial charge in [-0.2, -0.15) is 13.2 Å². The molecule has 8 heteroatoms. The summed E-state index contributed by atoms with van der Waals surface area (Å²) in [5.41, 5.74) is 0.591. The maximum Gasteiger partial charge on any atom is 0.411 e. The van der Waals surface area contributed by atoms with E-state index >= 15 is 0 Å². The summed E-state index contributed by atoms with van der Waals surface area (Å²) in [7, 11) is 0. The number of ether oxygens (including phenoxy) is 1. The molecule has 0 heterocycles. The molecular formula is C16H20F3NO4. The van der Waals surface area contributed by atoms with E-state index in [0.29, 0.717) is 5.56 Å². The highest BCUT2D eigenvalue weighted by molar-refractivity contribution is 5.80. The first-order valence-corrected chi connectivity index (χ1v) is 7.37. The molecule has 0 aliphatic rings. The van der Waals surface area contributed by atoms with E-state index in [9.17, 15) is 27.9 Å². The maximum absolute atomic E-state index is 12.7. The second-order valence-electron chi connectivity index (χ2n) is 5.77. The van der Waals surface area contributed by atoms with Gasteiger partial charge in [0, 0.05) is 0 Å². The minimum absolute atomic E-state index is 0.105. The number of carboxylic acids is 1. The van der Waals surface area contributed by atoms with Crippen LogP contribution in [-0.2, 0) is 16.1 Å². The largest absolute Gasteiger partial charge is 0.480 e. The second kappa shape index (κ2) is 8.56. The van der Waals surface area contributed by atoms with Crippen molar-refractivity contribution < 1.29 is 32.6 Å². The van der Waals surface area contributed by atoms with Crippen molar-refractivity contribution in [3.8, 4) is 0 Å². The van der Waals surface area contributed by atoms with Crippen LogP contribution in [0.1, 0.15) is 25.8 Å². The van der Waals surface area contributed by atoms with Gasteiger partial charge in [0.25, 0.3) is 0 Å². The van der Waals surface area contributed by atoms with Crippen molar-refractivity contribution in [3.05, 3.63) is 35.9 Å². The van der Waals surface area contributed by atoms with Crippen molar-refractivity contribution in [1.82, 2.24) is 4.90 Å². The molecule has 0 saturated heterocycles. The van der Waals surface area contributed by atoms with Crippen LogP contribution in [0, 0.1) is 5.92 Å². The van der Waals surface area contributed by atoms with Gasteiger partial charge in [-0.15, -0.1) is 0 Å². The third-order valence-corrected chi connectivity index (χ3v) is 3.15. The number of alkyl halides is 3. The Balaban J connectivity index is 2.90. The minimum Gasteiger partial charge on any atom is -0.480 e. The Morgan fingerprint density at radius 3 is 2.25 bits per heavy atom. The summed E-state index contributed by atoms with van der Waals surface area (Å²) in [4.78, 5) is 23.6. The van der Waals surface area contributed by atoms with E-state index in [4.69, 9.17) is 4.74 Å². The van der Waals surface area contributed by atoms with E-state index in [0.717, 1.165) is 0 Å². The highest BCUT2D eigenvalue weighted by Crippen LogP contribution is 2.22. The van der Waals surface area contributed by atoms with Gasteiger partial charge in [0.05, 0.1) is 0 Å². The summed E-state index contributed by atoms with van der Waals surface area (Å²) in [5.74, 6) is -1.70. The Labute approximate surface area is 138 Å². The molecule has 0 saturated carbocycles. The normalized spacial score (nSPS) is 12.8. The van der Waals surface area contributed by atoms with Crippen molar-refractivity contribution in [3.63, 3.8) is 0 Å². The van der Waals surface area contributed by atoms with E-state index < -0.39 is 30.8 Å². The van der Waals surface area contributed by atoms with Crippen molar-refractivity contribution >= 4 is 12.1 Å². The van der Waals surface area contributed by atoms with Gasteiger partial charge in [0.2, 0.25) is 0 Å². The van der Waals surface area contributed by atoms with E-state index in [-0.39, 0.29) is 23.8 Å². The number of benzene rings is 1. The molecule has 134 valence electrons. The molecule has 0 aliphatic carbocycles. The van der Waals surface area contributed by atoms with Crippen molar-refractivity contribution in [2.75, 3.05) is 6.54 Å². The van der Waals surface area contributed by atoms with Gasteiger partial charge in [-0.25, -0.2) is 9.59 Å². The molecule has 1 atom stereocenters. The molecule has 0 spiro atoms. The molecule has 0 fully saturated rings. The van der Waals surface area contributed by atoms with Crippen LogP contribution in [0.15, 0.2) is 30.3 Å². The summed E-state index contributed by atoms with van der Waals surface area (Å²) < 4.78 is 43.1. The van der Waals surface area contributed by atoms with E-state index in [2.05, 4.69) is 0 Å². The van der Waals surface area contributed by atoms with E-state index in [1.165, 1.54) is 0 Å². The summed E-state index contributed by atoms with van der Waals surface area (Å²) >= 11 is 0. The quantitative estimate of drug-likeness (QED) is 0.817. The summed E-state index contributed by atoms with van der Waals surface area (Å²) in [5, 5.41) is 9.21. The van der Waals surface area contributed by atoms with Crippen molar-refractivity contribution in [2.24, 2.45) is 5.92 Å². The molecule has 1 aromatic rings. The van der Waals surface area contributed by atoms with Gasteiger partial charge in [-0.1, -0.05) is 44.2 Å². The highest BCUT2D eigenvalue weighted by Gasteiger charge is 2.40. The third-order valence-electron chi connectivity index (χ3n) is 3.15. The topological polar surface area (TPSA) is 66.8 Å². The molecule has 1 N–H and O–H groups in total. The fraction of sp³-hybridized carbons (Fsp3) is 0.500. The number of amides is 1. The van der Waals surface area contributed by atoms with E-state index in [1.54, 1.807) is 44.2 Å². The summed E-state index contributed by atoms with van der Waals surface area (Å²) in [6.07, 6.45) is -6.13. The number of rotatable bonds is 7. The Hall–Kier alpha value is -2.25. The number of aliphatic carboxylic acids is 1. The van der Waals surface area contributed by atoms with Crippen molar-refractivity contribution in [2.45, 2.75) is 39.1 Å². The third kappa shape index (κ3) is 6.89. The number of halogens is 3. The molecule has 0 aliphatic heterocycles. The van der Waals surface area contributed by atoms with Crippen molar-refractivity contribution in [1.29, 1.82) is 0 Å². The van der Waals surface area contributed by atoms with Gasteiger partial charge in [-0.3, -0.25) is 4.90 Å². The Morgan fingerprint density at radius 2 is 1.79 bits per heavy atom. The van der Waals surface area contributed by atoms with Crippen LogP contribution in [0.2, 0.25) is 0 Å². The average molecular weight is 347 g/mol. The zero-order valence-corrected chi connectivity index (χ0v) is 13.4. The van der Waals surface area contributed by atoms with Crippen LogP contribution in [-0.4, -0.2) is 40.8 Å². The molecule has 0 unspecified atom stereocenters.